The van der Waals surface area contributed by atoms with Gasteiger partial charge in [0.2, 0.25) is 5.78 Å². The minimum absolute atomic E-state index is 0.197. The molecule has 0 N–H and O–H groups in total. The molecule has 3 heteroatoms. The molecule has 0 aromatic heterocycles. The zero-order valence-corrected chi connectivity index (χ0v) is 17.8. The van der Waals surface area contributed by atoms with Crippen molar-refractivity contribution in [1.29, 1.82) is 0 Å². The van der Waals surface area contributed by atoms with Gasteiger partial charge in [-0.05, 0) is 12.8 Å². The van der Waals surface area contributed by atoms with E-state index in [2.05, 4.69) is 6.92 Å². The van der Waals surface area contributed by atoms with Crippen LogP contribution in [0, 0.1) is 5.92 Å². The number of ether oxygens (including phenoxy) is 1. The van der Waals surface area contributed by atoms with Crippen LogP contribution in [-0.4, -0.2) is 18.4 Å². The maximum absolute atomic E-state index is 11.9. The third kappa shape index (κ3) is 15.4. The number of ketones is 1. The number of esters is 1. The van der Waals surface area contributed by atoms with E-state index in [0.29, 0.717) is 6.61 Å². The highest BCUT2D eigenvalue weighted by Crippen LogP contribution is 2.15. The van der Waals surface area contributed by atoms with Crippen molar-refractivity contribution in [3.05, 3.63) is 0 Å². The molecule has 0 aromatic rings. The van der Waals surface area contributed by atoms with Crippen molar-refractivity contribution in [2.45, 2.75) is 124 Å². The molecule has 0 radical (unpaired) electrons. The SMILES string of the molecule is CCCCCCCCCCCCCCCC(C)C(=O)C(=O)OCCCC. The number of hydrogen-bond acceptors (Lipinski definition) is 3. The van der Waals surface area contributed by atoms with Gasteiger partial charge in [0.25, 0.3) is 0 Å². The maximum Gasteiger partial charge on any atom is 0.374 e. The largest absolute Gasteiger partial charge is 0.460 e. The lowest BCUT2D eigenvalue weighted by molar-refractivity contribution is -0.155. The molecule has 26 heavy (non-hydrogen) atoms. The molecule has 0 saturated carbocycles. The van der Waals surface area contributed by atoms with Gasteiger partial charge in [0.15, 0.2) is 0 Å². The van der Waals surface area contributed by atoms with Crippen molar-refractivity contribution in [1.82, 2.24) is 0 Å². The first-order chi connectivity index (χ1) is 12.6. The monoisotopic (exact) mass is 368 g/mol. The summed E-state index contributed by atoms with van der Waals surface area (Å²) in [4.78, 5) is 23.5. The van der Waals surface area contributed by atoms with Crippen LogP contribution in [0.5, 0.6) is 0 Å². The molecule has 0 saturated heterocycles. The molecule has 0 aliphatic rings. The average molecular weight is 369 g/mol. The Balaban J connectivity index is 3.40. The van der Waals surface area contributed by atoms with Crippen LogP contribution in [0.3, 0.4) is 0 Å². The Morgan fingerprint density at radius 2 is 1.08 bits per heavy atom. The van der Waals surface area contributed by atoms with Crippen LogP contribution in [0.25, 0.3) is 0 Å². The van der Waals surface area contributed by atoms with Gasteiger partial charge in [-0.15, -0.1) is 0 Å². The summed E-state index contributed by atoms with van der Waals surface area (Å²) in [5.41, 5.74) is 0. The Bertz CT molecular complexity index is 338. The second-order valence-corrected chi connectivity index (χ2v) is 7.79. The van der Waals surface area contributed by atoms with E-state index >= 15 is 0 Å². The molecular formula is C23H44O3. The van der Waals surface area contributed by atoms with Crippen LogP contribution in [0.15, 0.2) is 0 Å². The van der Waals surface area contributed by atoms with Crippen LogP contribution in [0.2, 0.25) is 0 Å². The van der Waals surface area contributed by atoms with E-state index in [1.165, 1.54) is 77.0 Å². The predicted molar refractivity (Wildman–Crippen MR) is 110 cm³/mol. The number of carbonyl (C=O) groups is 2. The first-order valence-corrected chi connectivity index (χ1v) is 11.3. The quantitative estimate of drug-likeness (QED) is 0.140. The number of rotatable bonds is 19. The predicted octanol–water partition coefficient (Wildman–Crippen LogP) is 7.02. The summed E-state index contributed by atoms with van der Waals surface area (Å²) in [5.74, 6) is -1.18. The smallest absolute Gasteiger partial charge is 0.374 e. The second kappa shape index (κ2) is 18.9. The summed E-state index contributed by atoms with van der Waals surface area (Å²) < 4.78 is 5.00. The minimum atomic E-state index is -0.638. The molecule has 0 aliphatic heterocycles. The average Bonchev–Trinajstić information content (AvgIpc) is 2.64. The summed E-state index contributed by atoms with van der Waals surface area (Å²) in [6, 6.07) is 0. The highest BCUT2D eigenvalue weighted by atomic mass is 16.5. The Kier molecular flexibility index (Phi) is 18.3. The molecular weight excluding hydrogens is 324 g/mol. The van der Waals surface area contributed by atoms with Crippen molar-refractivity contribution in [3.63, 3.8) is 0 Å². The molecule has 0 spiro atoms. The van der Waals surface area contributed by atoms with Crippen LogP contribution in [0.1, 0.15) is 124 Å². The topological polar surface area (TPSA) is 43.4 Å². The molecule has 1 atom stereocenters. The molecule has 0 rings (SSSR count). The van der Waals surface area contributed by atoms with Crippen molar-refractivity contribution < 1.29 is 14.3 Å². The fourth-order valence-corrected chi connectivity index (χ4v) is 3.18. The lowest BCUT2D eigenvalue weighted by Crippen LogP contribution is -2.24. The zero-order valence-electron chi connectivity index (χ0n) is 17.8. The second-order valence-electron chi connectivity index (χ2n) is 7.79. The number of unbranched alkanes of at least 4 members (excludes halogenated alkanes) is 13. The lowest BCUT2D eigenvalue weighted by Gasteiger charge is -2.10. The van der Waals surface area contributed by atoms with E-state index < -0.39 is 5.97 Å². The molecule has 0 aromatic carbocycles. The highest BCUT2D eigenvalue weighted by molar-refractivity contribution is 6.34. The van der Waals surface area contributed by atoms with E-state index in [-0.39, 0.29) is 11.7 Å². The van der Waals surface area contributed by atoms with Gasteiger partial charge in [-0.25, -0.2) is 4.79 Å². The fraction of sp³-hybridized carbons (Fsp3) is 0.913. The van der Waals surface area contributed by atoms with Gasteiger partial charge in [-0.1, -0.05) is 111 Å². The summed E-state index contributed by atoms with van der Waals surface area (Å²) in [5, 5.41) is 0. The first kappa shape index (κ1) is 25.1. The van der Waals surface area contributed by atoms with E-state index in [4.69, 9.17) is 4.74 Å². The van der Waals surface area contributed by atoms with Gasteiger partial charge in [-0.3, -0.25) is 4.79 Å². The molecule has 0 aliphatic carbocycles. The van der Waals surface area contributed by atoms with E-state index in [1.807, 2.05) is 13.8 Å². The Labute approximate surface area is 162 Å². The molecule has 0 heterocycles. The standard InChI is InChI=1S/C23H44O3/c1-4-6-8-9-10-11-12-13-14-15-16-17-18-19-21(3)22(24)23(25)26-20-7-5-2/h21H,4-20H2,1-3H3. The van der Waals surface area contributed by atoms with Crippen molar-refractivity contribution in [3.8, 4) is 0 Å². The first-order valence-electron chi connectivity index (χ1n) is 11.3. The third-order valence-electron chi connectivity index (χ3n) is 5.12. The molecule has 0 fully saturated rings. The Morgan fingerprint density at radius 3 is 1.54 bits per heavy atom. The Morgan fingerprint density at radius 1 is 0.654 bits per heavy atom. The van der Waals surface area contributed by atoms with E-state index in [9.17, 15) is 9.59 Å². The van der Waals surface area contributed by atoms with E-state index in [0.717, 1.165) is 25.7 Å². The molecule has 0 bridgehead atoms. The fourth-order valence-electron chi connectivity index (χ4n) is 3.18. The number of hydrogen-bond donors (Lipinski definition) is 0. The maximum atomic E-state index is 11.9. The van der Waals surface area contributed by atoms with Gasteiger partial charge >= 0.3 is 5.97 Å². The van der Waals surface area contributed by atoms with E-state index in [1.54, 1.807) is 0 Å². The van der Waals surface area contributed by atoms with Crippen LogP contribution >= 0.6 is 0 Å². The summed E-state index contributed by atoms with van der Waals surface area (Å²) in [6.07, 6.45) is 19.8. The molecule has 3 nitrogen and oxygen atoms in total. The normalized spacial score (nSPS) is 12.1. The van der Waals surface area contributed by atoms with Crippen molar-refractivity contribution in [2.24, 2.45) is 5.92 Å². The summed E-state index contributed by atoms with van der Waals surface area (Å²) in [7, 11) is 0. The van der Waals surface area contributed by atoms with Crippen LogP contribution in [-0.2, 0) is 14.3 Å². The number of carbonyl (C=O) groups excluding carboxylic acids is 2. The van der Waals surface area contributed by atoms with Gasteiger partial charge in [0, 0.05) is 5.92 Å². The van der Waals surface area contributed by atoms with Gasteiger partial charge in [-0.2, -0.15) is 0 Å². The van der Waals surface area contributed by atoms with Crippen LogP contribution in [0.4, 0.5) is 0 Å². The minimum Gasteiger partial charge on any atom is -0.460 e. The van der Waals surface area contributed by atoms with Gasteiger partial charge < -0.3 is 4.74 Å². The number of Topliss-reactive ketones (excluding diaryl/α,β-unsaturated/α-hetero) is 1. The van der Waals surface area contributed by atoms with Crippen molar-refractivity contribution >= 4 is 11.8 Å². The summed E-state index contributed by atoms with van der Waals surface area (Å²) in [6.45, 7) is 6.52. The molecule has 1 unspecified atom stereocenters. The van der Waals surface area contributed by atoms with Crippen molar-refractivity contribution in [2.75, 3.05) is 6.61 Å². The zero-order chi connectivity index (χ0) is 19.5. The van der Waals surface area contributed by atoms with Gasteiger partial charge in [0.1, 0.15) is 0 Å². The molecule has 154 valence electrons. The highest BCUT2D eigenvalue weighted by Gasteiger charge is 2.22. The third-order valence-corrected chi connectivity index (χ3v) is 5.12. The molecule has 0 amide bonds. The lowest BCUT2D eigenvalue weighted by atomic mass is 9.98. The Hall–Kier alpha value is -0.860. The summed E-state index contributed by atoms with van der Waals surface area (Å²) >= 11 is 0. The van der Waals surface area contributed by atoms with Crippen LogP contribution < -0.4 is 0 Å². The van der Waals surface area contributed by atoms with Gasteiger partial charge in [0.05, 0.1) is 6.61 Å².